The zero-order valence-electron chi connectivity index (χ0n) is 14.5. The first-order valence-electron chi connectivity index (χ1n) is 8.52. The van der Waals surface area contributed by atoms with Crippen LogP contribution in [-0.4, -0.2) is 42.7 Å². The number of carbonyl (C=O) groups excluding carboxylic acids is 1. The third-order valence-corrected chi connectivity index (χ3v) is 5.07. The normalized spacial score (nSPS) is 21.0. The summed E-state index contributed by atoms with van der Waals surface area (Å²) in [7, 11) is 3.36. The molecule has 1 aromatic carbocycles. The predicted molar refractivity (Wildman–Crippen MR) is 92.4 cm³/mol. The minimum absolute atomic E-state index is 0.145. The number of benzene rings is 1. The van der Waals surface area contributed by atoms with Gasteiger partial charge >= 0.3 is 0 Å². The van der Waals surface area contributed by atoms with E-state index in [0.717, 1.165) is 36.6 Å². The van der Waals surface area contributed by atoms with Crippen LogP contribution in [0, 0.1) is 12.8 Å². The molecule has 3 rings (SSSR count). The molecule has 1 fully saturated rings. The van der Waals surface area contributed by atoms with Crippen molar-refractivity contribution < 1.29 is 19.1 Å². The maximum absolute atomic E-state index is 12.8. The second-order valence-corrected chi connectivity index (χ2v) is 6.69. The Morgan fingerprint density at radius 3 is 2.83 bits per heavy atom. The van der Waals surface area contributed by atoms with Gasteiger partial charge in [0.05, 0.1) is 13.2 Å². The Balaban J connectivity index is 1.84. The Labute approximate surface area is 142 Å². The number of aliphatic hydroxyl groups excluding tert-OH is 1. The zero-order valence-corrected chi connectivity index (χ0v) is 14.5. The summed E-state index contributed by atoms with van der Waals surface area (Å²) < 4.78 is 11.2. The van der Waals surface area contributed by atoms with Crippen LogP contribution in [0.1, 0.15) is 41.8 Å². The lowest BCUT2D eigenvalue weighted by Crippen LogP contribution is -2.38. The Hall–Kier alpha value is -2.01. The Kier molecular flexibility index (Phi) is 4.81. The van der Waals surface area contributed by atoms with Crippen LogP contribution in [0.5, 0.6) is 5.75 Å². The van der Waals surface area contributed by atoms with Crippen molar-refractivity contribution in [3.05, 3.63) is 29.5 Å². The molecule has 1 N–H and O–H groups in total. The molecular formula is C19H25NO4. The summed E-state index contributed by atoms with van der Waals surface area (Å²) in [5, 5.41) is 11.0. The number of furan rings is 1. The van der Waals surface area contributed by atoms with Gasteiger partial charge in [0.2, 0.25) is 0 Å². The highest BCUT2D eigenvalue weighted by atomic mass is 16.5. The van der Waals surface area contributed by atoms with Gasteiger partial charge in [-0.1, -0.05) is 25.0 Å². The molecule has 0 spiro atoms. The Morgan fingerprint density at radius 1 is 1.38 bits per heavy atom. The smallest absolute Gasteiger partial charge is 0.289 e. The number of aryl methyl sites for hydroxylation is 1. The second kappa shape index (κ2) is 6.85. The average molecular weight is 331 g/mol. The van der Waals surface area contributed by atoms with E-state index in [1.54, 1.807) is 19.1 Å². The van der Waals surface area contributed by atoms with Crippen LogP contribution in [0.4, 0.5) is 0 Å². The van der Waals surface area contributed by atoms with Crippen molar-refractivity contribution in [1.29, 1.82) is 0 Å². The number of hydrogen-bond donors (Lipinski definition) is 1. The summed E-state index contributed by atoms with van der Waals surface area (Å²) in [5.41, 5.74) is 1.43. The van der Waals surface area contributed by atoms with Crippen molar-refractivity contribution in [2.75, 3.05) is 20.7 Å². The van der Waals surface area contributed by atoms with Gasteiger partial charge < -0.3 is 19.2 Å². The fraction of sp³-hybridized carbons (Fsp3) is 0.526. The average Bonchev–Trinajstić information content (AvgIpc) is 2.93. The molecule has 1 amide bonds. The van der Waals surface area contributed by atoms with E-state index in [1.165, 1.54) is 0 Å². The predicted octanol–water partition coefficient (Wildman–Crippen LogP) is 3.37. The number of methoxy groups -OCH3 is 1. The number of amides is 1. The molecule has 130 valence electrons. The van der Waals surface area contributed by atoms with E-state index in [-0.39, 0.29) is 17.9 Å². The molecule has 5 heteroatoms. The molecule has 24 heavy (non-hydrogen) atoms. The zero-order chi connectivity index (χ0) is 17.3. The first-order chi connectivity index (χ1) is 11.5. The monoisotopic (exact) mass is 331 g/mol. The standard InChI is InChI=1S/C19H25NO4/c1-12-14-8-6-10-16(23-3)18(14)24-17(12)19(22)20(2)11-13-7-4-5-9-15(13)21/h6,8,10,13,15,21H,4-5,7,9,11H2,1-3H3. The van der Waals surface area contributed by atoms with Crippen LogP contribution < -0.4 is 4.74 Å². The van der Waals surface area contributed by atoms with E-state index >= 15 is 0 Å². The molecule has 2 unspecified atom stereocenters. The van der Waals surface area contributed by atoms with Crippen LogP contribution in [0.25, 0.3) is 11.0 Å². The van der Waals surface area contributed by atoms with E-state index in [9.17, 15) is 9.90 Å². The van der Waals surface area contributed by atoms with Crippen LogP contribution in [0.2, 0.25) is 0 Å². The first-order valence-corrected chi connectivity index (χ1v) is 8.52. The highest BCUT2D eigenvalue weighted by molar-refractivity contribution is 6.00. The van der Waals surface area contributed by atoms with Crippen molar-refractivity contribution in [2.24, 2.45) is 5.92 Å². The van der Waals surface area contributed by atoms with E-state index in [4.69, 9.17) is 9.15 Å². The lowest BCUT2D eigenvalue weighted by molar-refractivity contribution is 0.0438. The van der Waals surface area contributed by atoms with E-state index in [2.05, 4.69) is 0 Å². The molecule has 0 radical (unpaired) electrons. The summed E-state index contributed by atoms with van der Waals surface area (Å²) in [5.74, 6) is 0.970. The SMILES string of the molecule is COc1cccc2c(C)c(C(=O)N(C)CC3CCCCC3O)oc12. The fourth-order valence-corrected chi connectivity index (χ4v) is 3.59. The van der Waals surface area contributed by atoms with Crippen LogP contribution >= 0.6 is 0 Å². The molecule has 1 saturated carbocycles. The van der Waals surface area contributed by atoms with Crippen LogP contribution in [0.15, 0.2) is 22.6 Å². The minimum atomic E-state index is -0.314. The van der Waals surface area contributed by atoms with Crippen molar-refractivity contribution in [3.8, 4) is 5.75 Å². The lowest BCUT2D eigenvalue weighted by atomic mass is 9.86. The molecule has 1 aliphatic rings. The van der Waals surface area contributed by atoms with E-state index in [1.807, 2.05) is 25.1 Å². The third kappa shape index (κ3) is 3.00. The highest BCUT2D eigenvalue weighted by Gasteiger charge is 2.28. The van der Waals surface area contributed by atoms with Gasteiger partial charge in [0.25, 0.3) is 5.91 Å². The maximum atomic E-state index is 12.8. The summed E-state index contributed by atoms with van der Waals surface area (Å²) in [6.07, 6.45) is 3.66. The topological polar surface area (TPSA) is 62.9 Å². The quantitative estimate of drug-likeness (QED) is 0.933. The summed E-state index contributed by atoms with van der Waals surface area (Å²) in [6.45, 7) is 2.44. The summed E-state index contributed by atoms with van der Waals surface area (Å²) >= 11 is 0. The van der Waals surface area contributed by atoms with E-state index in [0.29, 0.717) is 23.6 Å². The van der Waals surface area contributed by atoms with Gasteiger partial charge in [-0.05, 0) is 25.8 Å². The third-order valence-electron chi connectivity index (χ3n) is 5.07. The number of rotatable bonds is 4. The molecule has 1 aromatic heterocycles. The lowest BCUT2D eigenvalue weighted by Gasteiger charge is -2.31. The van der Waals surface area contributed by atoms with Gasteiger partial charge in [0, 0.05) is 30.5 Å². The fourth-order valence-electron chi connectivity index (χ4n) is 3.59. The first kappa shape index (κ1) is 16.8. The molecule has 5 nitrogen and oxygen atoms in total. The number of hydrogen-bond acceptors (Lipinski definition) is 4. The van der Waals surface area contributed by atoms with Crippen molar-refractivity contribution in [2.45, 2.75) is 38.7 Å². The van der Waals surface area contributed by atoms with Crippen LogP contribution in [0.3, 0.4) is 0 Å². The van der Waals surface area contributed by atoms with Crippen molar-refractivity contribution >= 4 is 16.9 Å². The highest BCUT2D eigenvalue weighted by Crippen LogP contribution is 2.33. The molecule has 2 aromatic rings. The number of nitrogens with zero attached hydrogens (tertiary/aromatic N) is 1. The van der Waals surface area contributed by atoms with Crippen molar-refractivity contribution in [3.63, 3.8) is 0 Å². The summed E-state index contributed by atoms with van der Waals surface area (Å²) in [6, 6.07) is 5.64. The van der Waals surface area contributed by atoms with Crippen LogP contribution in [-0.2, 0) is 0 Å². The molecule has 0 aliphatic heterocycles. The van der Waals surface area contributed by atoms with Crippen molar-refractivity contribution in [1.82, 2.24) is 4.90 Å². The maximum Gasteiger partial charge on any atom is 0.289 e. The molecule has 1 heterocycles. The number of carbonyl (C=O) groups is 1. The Bertz CT molecular complexity index is 736. The largest absolute Gasteiger partial charge is 0.493 e. The number of fused-ring (bicyclic) bond motifs is 1. The summed E-state index contributed by atoms with van der Waals surface area (Å²) in [4.78, 5) is 14.5. The second-order valence-electron chi connectivity index (χ2n) is 6.69. The van der Waals surface area contributed by atoms with Gasteiger partial charge in [0.1, 0.15) is 0 Å². The molecular weight excluding hydrogens is 306 g/mol. The van der Waals surface area contributed by atoms with Gasteiger partial charge in [-0.15, -0.1) is 0 Å². The van der Waals surface area contributed by atoms with E-state index < -0.39 is 0 Å². The van der Waals surface area contributed by atoms with Gasteiger partial charge in [-0.2, -0.15) is 0 Å². The number of ether oxygens (including phenoxy) is 1. The molecule has 0 saturated heterocycles. The van der Waals surface area contributed by atoms with Gasteiger partial charge in [0.15, 0.2) is 17.1 Å². The Morgan fingerprint density at radius 2 is 2.12 bits per heavy atom. The minimum Gasteiger partial charge on any atom is -0.493 e. The molecule has 1 aliphatic carbocycles. The number of aliphatic hydroxyl groups is 1. The van der Waals surface area contributed by atoms with Gasteiger partial charge in [-0.3, -0.25) is 4.79 Å². The van der Waals surface area contributed by atoms with Gasteiger partial charge in [-0.25, -0.2) is 0 Å². The molecule has 0 bridgehead atoms. The molecule has 2 atom stereocenters. The number of para-hydroxylation sites is 1.